The minimum absolute atomic E-state index is 0.713. The molecule has 0 spiro atoms. The van der Waals surface area contributed by atoms with Gasteiger partial charge in [-0.3, -0.25) is 0 Å². The Kier molecular flexibility index (Phi) is 5.06. The van der Waals surface area contributed by atoms with Crippen molar-refractivity contribution in [2.75, 3.05) is 0 Å². The minimum Gasteiger partial charge on any atom is -0.0838 e. The predicted molar refractivity (Wildman–Crippen MR) is 65.0 cm³/mol. The molecule has 0 amide bonds. The summed E-state index contributed by atoms with van der Waals surface area (Å²) < 4.78 is 0. The monoisotopic (exact) mass is 228 g/mol. The van der Waals surface area contributed by atoms with E-state index in [1.54, 1.807) is 0 Å². The molecule has 14 heavy (non-hydrogen) atoms. The van der Waals surface area contributed by atoms with Gasteiger partial charge in [0.05, 0.1) is 0 Å². The van der Waals surface area contributed by atoms with E-state index in [4.69, 9.17) is 23.2 Å². The number of hydrogen-bond acceptors (Lipinski definition) is 0. The molecule has 2 heteroatoms. The molecule has 0 saturated carbocycles. The molecule has 0 N–H and O–H groups in total. The summed E-state index contributed by atoms with van der Waals surface area (Å²) in [6.45, 7) is 2.18. The Morgan fingerprint density at radius 3 is 2.43 bits per heavy atom. The zero-order chi connectivity index (χ0) is 10.4. The lowest BCUT2D eigenvalue weighted by atomic mass is 10.1. The lowest BCUT2D eigenvalue weighted by Crippen LogP contribution is -1.77. The zero-order valence-electron chi connectivity index (χ0n) is 8.26. The van der Waals surface area contributed by atoms with Gasteiger partial charge in [0.25, 0.3) is 0 Å². The summed E-state index contributed by atoms with van der Waals surface area (Å²) >= 11 is 12.0. The van der Waals surface area contributed by atoms with Gasteiger partial charge in [-0.2, -0.15) is 0 Å². The summed E-state index contributed by atoms with van der Waals surface area (Å²) in [5, 5.41) is 1.43. The van der Waals surface area contributed by atoms with Gasteiger partial charge < -0.3 is 0 Å². The molecule has 0 atom stereocenters. The average molecular weight is 229 g/mol. The Labute approximate surface area is 95.5 Å². The van der Waals surface area contributed by atoms with Crippen molar-refractivity contribution in [1.82, 2.24) is 0 Å². The van der Waals surface area contributed by atoms with Crippen molar-refractivity contribution in [1.29, 1.82) is 0 Å². The van der Waals surface area contributed by atoms with Crippen LogP contribution in [0.5, 0.6) is 0 Å². The Hall–Kier alpha value is -0.460. The lowest BCUT2D eigenvalue weighted by Gasteiger charge is -2.00. The van der Waals surface area contributed by atoms with E-state index in [0.717, 1.165) is 12.0 Å². The highest BCUT2D eigenvalue weighted by atomic mass is 35.5. The summed E-state index contributed by atoms with van der Waals surface area (Å²) in [4.78, 5) is 0. The lowest BCUT2D eigenvalue weighted by molar-refractivity contribution is 0.816. The van der Waals surface area contributed by atoms with Crippen LogP contribution in [0.1, 0.15) is 31.7 Å². The maximum atomic E-state index is 6.01. The summed E-state index contributed by atoms with van der Waals surface area (Å²) in [6.07, 6.45) is 7.62. The SMILES string of the molecule is CCCC/C=C/c1c(Cl)cccc1Cl. The second-order valence-electron chi connectivity index (χ2n) is 3.18. The Morgan fingerprint density at radius 2 is 1.86 bits per heavy atom. The third kappa shape index (κ3) is 3.36. The third-order valence-electron chi connectivity index (χ3n) is 2.01. The highest BCUT2D eigenvalue weighted by Gasteiger charge is 1.99. The summed E-state index contributed by atoms with van der Waals surface area (Å²) in [5.41, 5.74) is 0.923. The van der Waals surface area contributed by atoms with Gasteiger partial charge in [-0.1, -0.05) is 61.2 Å². The molecule has 0 unspecified atom stereocenters. The van der Waals surface area contributed by atoms with Gasteiger partial charge >= 0.3 is 0 Å². The molecule has 1 rings (SSSR count). The summed E-state index contributed by atoms with van der Waals surface area (Å²) in [5.74, 6) is 0. The highest BCUT2D eigenvalue weighted by Crippen LogP contribution is 2.25. The van der Waals surface area contributed by atoms with Crippen molar-refractivity contribution in [2.45, 2.75) is 26.2 Å². The fraction of sp³-hybridized carbons (Fsp3) is 0.333. The number of hydrogen-bond donors (Lipinski definition) is 0. The van der Waals surface area contributed by atoms with Crippen molar-refractivity contribution >= 4 is 29.3 Å². The van der Waals surface area contributed by atoms with Crippen LogP contribution in [0, 0.1) is 0 Å². The first-order valence-corrected chi connectivity index (χ1v) is 5.62. The molecule has 0 aliphatic rings. The smallest absolute Gasteiger partial charge is 0.0493 e. The standard InChI is InChI=1S/C12H14Cl2/c1-2-3-4-5-7-10-11(13)8-6-9-12(10)14/h5-9H,2-4H2,1H3/b7-5+. The normalized spacial score (nSPS) is 11.1. The maximum Gasteiger partial charge on any atom is 0.0493 e. The van der Waals surface area contributed by atoms with Crippen LogP contribution in [0.2, 0.25) is 10.0 Å². The second-order valence-corrected chi connectivity index (χ2v) is 3.99. The molecule has 1 aromatic rings. The second kappa shape index (κ2) is 6.10. The number of unbranched alkanes of at least 4 members (excludes halogenated alkanes) is 2. The molecule has 0 bridgehead atoms. The van der Waals surface area contributed by atoms with Crippen LogP contribution in [0.4, 0.5) is 0 Å². The van der Waals surface area contributed by atoms with E-state index in [1.807, 2.05) is 24.3 Å². The van der Waals surface area contributed by atoms with E-state index in [1.165, 1.54) is 12.8 Å². The first-order chi connectivity index (χ1) is 6.75. The van der Waals surface area contributed by atoms with Crippen molar-refractivity contribution in [3.05, 3.63) is 39.9 Å². The predicted octanol–water partition coefficient (Wildman–Crippen LogP) is 5.20. The Bertz CT molecular complexity index is 296. The van der Waals surface area contributed by atoms with E-state index < -0.39 is 0 Å². The van der Waals surface area contributed by atoms with Gasteiger partial charge in [-0.25, -0.2) is 0 Å². The van der Waals surface area contributed by atoms with Crippen molar-refractivity contribution in [3.8, 4) is 0 Å². The van der Waals surface area contributed by atoms with Gasteiger partial charge in [0.2, 0.25) is 0 Å². The molecule has 1 aromatic carbocycles. The van der Waals surface area contributed by atoms with Crippen LogP contribution in [0.3, 0.4) is 0 Å². The van der Waals surface area contributed by atoms with E-state index in [-0.39, 0.29) is 0 Å². The van der Waals surface area contributed by atoms with E-state index in [9.17, 15) is 0 Å². The van der Waals surface area contributed by atoms with Crippen LogP contribution < -0.4 is 0 Å². The molecular formula is C12H14Cl2. The van der Waals surface area contributed by atoms with E-state index in [2.05, 4.69) is 13.0 Å². The van der Waals surface area contributed by atoms with Gasteiger partial charge in [-0.15, -0.1) is 0 Å². The first-order valence-electron chi connectivity index (χ1n) is 4.86. The van der Waals surface area contributed by atoms with Crippen molar-refractivity contribution in [2.24, 2.45) is 0 Å². The number of halogens is 2. The van der Waals surface area contributed by atoms with E-state index in [0.29, 0.717) is 10.0 Å². The molecule has 0 nitrogen and oxygen atoms in total. The van der Waals surface area contributed by atoms with Gasteiger partial charge in [0.15, 0.2) is 0 Å². The zero-order valence-corrected chi connectivity index (χ0v) is 9.78. The van der Waals surface area contributed by atoms with Crippen LogP contribution in [-0.4, -0.2) is 0 Å². The number of allylic oxidation sites excluding steroid dienone is 1. The largest absolute Gasteiger partial charge is 0.0838 e. The topological polar surface area (TPSA) is 0 Å². The third-order valence-corrected chi connectivity index (χ3v) is 2.67. The average Bonchev–Trinajstić information content (AvgIpc) is 2.16. The Balaban J connectivity index is 2.70. The van der Waals surface area contributed by atoms with Gasteiger partial charge in [-0.05, 0) is 18.6 Å². The molecule has 0 heterocycles. The van der Waals surface area contributed by atoms with E-state index >= 15 is 0 Å². The molecule has 76 valence electrons. The number of benzene rings is 1. The molecular weight excluding hydrogens is 215 g/mol. The van der Waals surface area contributed by atoms with Crippen molar-refractivity contribution in [3.63, 3.8) is 0 Å². The molecule has 0 aromatic heterocycles. The van der Waals surface area contributed by atoms with Crippen LogP contribution in [0.15, 0.2) is 24.3 Å². The summed E-state index contributed by atoms with van der Waals surface area (Å²) in [6, 6.07) is 5.56. The number of rotatable bonds is 4. The molecule has 0 aliphatic heterocycles. The molecule has 0 aliphatic carbocycles. The van der Waals surface area contributed by atoms with Crippen LogP contribution in [0.25, 0.3) is 6.08 Å². The van der Waals surface area contributed by atoms with Gasteiger partial charge in [0, 0.05) is 15.6 Å². The Morgan fingerprint density at radius 1 is 1.21 bits per heavy atom. The fourth-order valence-electron chi connectivity index (χ4n) is 1.19. The molecule has 0 radical (unpaired) electrons. The van der Waals surface area contributed by atoms with Gasteiger partial charge in [0.1, 0.15) is 0 Å². The summed E-state index contributed by atoms with van der Waals surface area (Å²) in [7, 11) is 0. The molecule has 0 saturated heterocycles. The van der Waals surface area contributed by atoms with Crippen LogP contribution in [-0.2, 0) is 0 Å². The van der Waals surface area contributed by atoms with Crippen LogP contribution >= 0.6 is 23.2 Å². The van der Waals surface area contributed by atoms with Crippen molar-refractivity contribution < 1.29 is 0 Å². The molecule has 0 fully saturated rings. The highest BCUT2D eigenvalue weighted by molar-refractivity contribution is 6.37. The maximum absolute atomic E-state index is 6.01. The fourth-order valence-corrected chi connectivity index (χ4v) is 1.72. The quantitative estimate of drug-likeness (QED) is 0.622. The first kappa shape index (κ1) is 11.6. The minimum atomic E-state index is 0.713.